The summed E-state index contributed by atoms with van der Waals surface area (Å²) in [5.74, 6) is -1.58. The molecule has 0 bridgehead atoms. The first kappa shape index (κ1) is 18.1. The van der Waals surface area contributed by atoms with E-state index in [1.165, 1.54) is 7.11 Å². The molecule has 0 spiro atoms. The number of ether oxygens (including phenoxy) is 5. The van der Waals surface area contributed by atoms with Crippen LogP contribution < -0.4 is 0 Å². The van der Waals surface area contributed by atoms with Crippen molar-refractivity contribution in [2.75, 3.05) is 7.11 Å². The molecule has 2 aliphatic heterocycles. The van der Waals surface area contributed by atoms with E-state index in [0.717, 1.165) is 11.1 Å². The van der Waals surface area contributed by atoms with Gasteiger partial charge in [-0.3, -0.25) is 4.79 Å². The number of rotatable bonds is 4. The fourth-order valence-corrected chi connectivity index (χ4v) is 3.46. The van der Waals surface area contributed by atoms with Gasteiger partial charge >= 0.3 is 5.97 Å². The number of carbonyl (C=O) groups is 1. The summed E-state index contributed by atoms with van der Waals surface area (Å²) in [7, 11) is 1.33. The summed E-state index contributed by atoms with van der Waals surface area (Å²) in [6.07, 6.45) is -2.23. The van der Waals surface area contributed by atoms with Gasteiger partial charge in [-0.25, -0.2) is 0 Å². The average Bonchev–Trinajstić information content (AvgIpc) is 3.02. The van der Waals surface area contributed by atoms with Gasteiger partial charge in [-0.2, -0.15) is 0 Å². The zero-order valence-electron chi connectivity index (χ0n) is 15.2. The molecule has 0 saturated carbocycles. The Morgan fingerprint density at radius 1 is 0.889 bits per heavy atom. The van der Waals surface area contributed by atoms with Crippen LogP contribution in [0.3, 0.4) is 0 Å². The molecule has 142 valence electrons. The van der Waals surface area contributed by atoms with Gasteiger partial charge in [-0.1, -0.05) is 60.7 Å². The van der Waals surface area contributed by atoms with Crippen LogP contribution in [0.1, 0.15) is 36.7 Å². The highest BCUT2D eigenvalue weighted by Crippen LogP contribution is 2.46. The maximum absolute atomic E-state index is 11.7. The maximum Gasteiger partial charge on any atom is 0.310 e. The quantitative estimate of drug-likeness (QED) is 0.768. The molecule has 6 heteroatoms. The molecule has 2 aromatic rings. The molecule has 0 radical (unpaired) electrons. The first-order chi connectivity index (χ1) is 13.1. The zero-order valence-corrected chi connectivity index (χ0v) is 15.2. The predicted octanol–water partition coefficient (Wildman–Crippen LogP) is 3.49. The Morgan fingerprint density at radius 3 is 1.74 bits per heavy atom. The molecule has 5 atom stereocenters. The number of hydrogen-bond donors (Lipinski definition) is 0. The van der Waals surface area contributed by atoms with Gasteiger partial charge in [0, 0.05) is 0 Å². The molecule has 2 saturated heterocycles. The van der Waals surface area contributed by atoms with Gasteiger partial charge in [-0.05, 0) is 18.1 Å². The lowest BCUT2D eigenvalue weighted by Gasteiger charge is -2.37. The van der Waals surface area contributed by atoms with E-state index in [4.69, 9.17) is 23.7 Å². The molecule has 0 aliphatic carbocycles. The van der Waals surface area contributed by atoms with E-state index in [1.54, 1.807) is 6.92 Å². The maximum atomic E-state index is 11.7. The molecule has 6 nitrogen and oxygen atoms in total. The van der Waals surface area contributed by atoms with E-state index in [2.05, 4.69) is 0 Å². The second-order valence-electron chi connectivity index (χ2n) is 6.79. The van der Waals surface area contributed by atoms with Crippen molar-refractivity contribution in [3.8, 4) is 0 Å². The molecule has 27 heavy (non-hydrogen) atoms. The lowest BCUT2D eigenvalue weighted by molar-refractivity contribution is -0.302. The van der Waals surface area contributed by atoms with Crippen molar-refractivity contribution in [1.29, 1.82) is 0 Å². The molecule has 0 N–H and O–H groups in total. The molecular formula is C21H22O6. The van der Waals surface area contributed by atoms with E-state index >= 15 is 0 Å². The minimum absolute atomic E-state index is 0.0464. The molecular weight excluding hydrogens is 348 g/mol. The van der Waals surface area contributed by atoms with Crippen LogP contribution in [0, 0.1) is 0 Å². The number of carbonyl (C=O) groups excluding carboxylic acids is 1. The van der Waals surface area contributed by atoms with Crippen LogP contribution in [0.4, 0.5) is 0 Å². The highest BCUT2D eigenvalue weighted by molar-refractivity contribution is 5.70. The molecule has 2 fully saturated rings. The summed E-state index contributed by atoms with van der Waals surface area (Å²) >= 11 is 0. The normalized spacial score (nSPS) is 32.7. The van der Waals surface area contributed by atoms with Gasteiger partial charge in [-0.15, -0.1) is 0 Å². The van der Waals surface area contributed by atoms with Crippen molar-refractivity contribution in [2.24, 2.45) is 0 Å². The summed E-state index contributed by atoms with van der Waals surface area (Å²) in [5, 5.41) is 0. The third kappa shape index (κ3) is 3.75. The van der Waals surface area contributed by atoms with Crippen LogP contribution in [0.25, 0.3) is 0 Å². The Morgan fingerprint density at radius 2 is 1.33 bits per heavy atom. The monoisotopic (exact) mass is 370 g/mol. The van der Waals surface area contributed by atoms with E-state index in [9.17, 15) is 4.79 Å². The minimum atomic E-state index is -1.16. The van der Waals surface area contributed by atoms with Gasteiger partial charge in [0.15, 0.2) is 5.79 Å². The van der Waals surface area contributed by atoms with Crippen molar-refractivity contribution in [3.05, 3.63) is 71.8 Å². The summed E-state index contributed by atoms with van der Waals surface area (Å²) in [6.45, 7) is 1.68. The minimum Gasteiger partial charge on any atom is -0.469 e. The number of hydrogen-bond acceptors (Lipinski definition) is 6. The van der Waals surface area contributed by atoms with Crippen molar-refractivity contribution < 1.29 is 28.5 Å². The van der Waals surface area contributed by atoms with Gasteiger partial charge in [0.05, 0.1) is 13.5 Å². The first-order valence-electron chi connectivity index (χ1n) is 8.91. The molecule has 2 aliphatic rings. The third-order valence-corrected chi connectivity index (χ3v) is 4.74. The Hall–Kier alpha value is -2.25. The predicted molar refractivity (Wildman–Crippen MR) is 95.3 cm³/mol. The SMILES string of the molecule is COC(=O)CC1(C)O[C@H]2O[C@H](c3ccccc3)[C@@H](c3ccccc3)O[C@H]2O1. The first-order valence-corrected chi connectivity index (χ1v) is 8.91. The van der Waals surface area contributed by atoms with Gasteiger partial charge in [0.25, 0.3) is 0 Å². The van der Waals surface area contributed by atoms with Crippen molar-refractivity contribution in [3.63, 3.8) is 0 Å². The van der Waals surface area contributed by atoms with E-state index in [0.29, 0.717) is 0 Å². The Balaban J connectivity index is 1.61. The molecule has 0 aromatic heterocycles. The fraction of sp³-hybridized carbons (Fsp3) is 0.381. The van der Waals surface area contributed by atoms with Crippen LogP contribution in [-0.4, -0.2) is 31.4 Å². The number of methoxy groups -OCH3 is 1. The van der Waals surface area contributed by atoms with E-state index in [1.807, 2.05) is 60.7 Å². The molecule has 4 rings (SSSR count). The Bertz CT molecular complexity index is 722. The molecule has 2 aromatic carbocycles. The molecule has 2 heterocycles. The number of esters is 1. The van der Waals surface area contributed by atoms with Crippen LogP contribution in [0.15, 0.2) is 60.7 Å². The smallest absolute Gasteiger partial charge is 0.310 e. The summed E-state index contributed by atoms with van der Waals surface area (Å²) in [6, 6.07) is 19.7. The summed E-state index contributed by atoms with van der Waals surface area (Å²) in [5.41, 5.74) is 1.96. The van der Waals surface area contributed by atoms with Crippen LogP contribution >= 0.6 is 0 Å². The Kier molecular flexibility index (Phi) is 4.97. The number of fused-ring (bicyclic) bond motifs is 1. The van der Waals surface area contributed by atoms with Crippen molar-refractivity contribution >= 4 is 5.97 Å². The summed E-state index contributed by atoms with van der Waals surface area (Å²) in [4.78, 5) is 11.7. The molecule has 1 unspecified atom stereocenters. The number of benzene rings is 2. The van der Waals surface area contributed by atoms with Crippen molar-refractivity contribution in [2.45, 2.75) is 43.9 Å². The second kappa shape index (κ2) is 7.40. The highest BCUT2D eigenvalue weighted by Gasteiger charge is 2.53. The highest BCUT2D eigenvalue weighted by atomic mass is 16.9. The van der Waals surface area contributed by atoms with Crippen molar-refractivity contribution in [1.82, 2.24) is 0 Å². The lowest BCUT2D eigenvalue weighted by atomic mass is 9.97. The van der Waals surface area contributed by atoms with Gasteiger partial charge in [0.1, 0.15) is 12.2 Å². The lowest BCUT2D eigenvalue weighted by Crippen LogP contribution is -2.39. The average molecular weight is 370 g/mol. The standard InChI is InChI=1S/C21H22O6/c1-21(13-16(22)23-2)26-19-20(27-21)25-18(15-11-7-4-8-12-15)17(24-19)14-9-5-3-6-10-14/h3-12,17-20H,13H2,1-2H3/t17-,18-,19-,20+,21?/m1/s1. The topological polar surface area (TPSA) is 63.2 Å². The fourth-order valence-electron chi connectivity index (χ4n) is 3.46. The van der Waals surface area contributed by atoms with E-state index < -0.39 is 24.3 Å². The largest absolute Gasteiger partial charge is 0.469 e. The van der Waals surface area contributed by atoms with Crippen LogP contribution in [-0.2, 0) is 28.5 Å². The molecule has 0 amide bonds. The third-order valence-electron chi connectivity index (χ3n) is 4.74. The Labute approximate surface area is 157 Å². The van der Waals surface area contributed by atoms with Gasteiger partial charge in [0.2, 0.25) is 12.6 Å². The van der Waals surface area contributed by atoms with Crippen LogP contribution in [0.5, 0.6) is 0 Å². The zero-order chi connectivity index (χ0) is 18.9. The van der Waals surface area contributed by atoms with E-state index in [-0.39, 0.29) is 18.6 Å². The second-order valence-corrected chi connectivity index (χ2v) is 6.79. The van der Waals surface area contributed by atoms with Gasteiger partial charge < -0.3 is 23.7 Å². The van der Waals surface area contributed by atoms with Crippen LogP contribution in [0.2, 0.25) is 0 Å². The summed E-state index contributed by atoms with van der Waals surface area (Å²) < 4.78 is 29.0.